The predicted octanol–water partition coefficient (Wildman–Crippen LogP) is 1.60. The minimum atomic E-state index is -3.48. The number of anilines is 1. The molecule has 1 aromatic rings. The second kappa shape index (κ2) is 6.34. The lowest BCUT2D eigenvalue weighted by Gasteiger charge is -2.22. The summed E-state index contributed by atoms with van der Waals surface area (Å²) in [4.78, 5) is 2.63. The average molecular weight is 311 g/mol. The van der Waals surface area contributed by atoms with Crippen molar-refractivity contribution in [2.75, 3.05) is 39.0 Å². The van der Waals surface area contributed by atoms with Gasteiger partial charge in [-0.2, -0.15) is 4.31 Å². The molecular weight excluding hydrogens is 286 g/mol. The maximum atomic E-state index is 12.7. The van der Waals surface area contributed by atoms with E-state index in [1.54, 1.807) is 26.1 Å². The molecule has 21 heavy (non-hydrogen) atoms. The first-order valence-electron chi connectivity index (χ1n) is 7.38. The second-order valence-corrected chi connectivity index (χ2v) is 7.87. The van der Waals surface area contributed by atoms with Gasteiger partial charge in [-0.25, -0.2) is 8.42 Å². The number of sulfonamides is 1. The van der Waals surface area contributed by atoms with E-state index in [4.69, 9.17) is 5.73 Å². The third-order valence-corrected chi connectivity index (χ3v) is 6.15. The number of hydrogen-bond acceptors (Lipinski definition) is 4. The Labute approximate surface area is 127 Å². The van der Waals surface area contributed by atoms with Crippen LogP contribution in [0.3, 0.4) is 0 Å². The summed E-state index contributed by atoms with van der Waals surface area (Å²) in [6, 6.07) is 3.51. The number of likely N-dealkylation sites (N-methyl/N-ethyl adjacent to an activating group) is 1. The van der Waals surface area contributed by atoms with Crippen molar-refractivity contribution in [3.05, 3.63) is 23.3 Å². The number of nitrogens with zero attached hydrogens (tertiary/aromatic N) is 2. The van der Waals surface area contributed by atoms with Crippen LogP contribution in [0.25, 0.3) is 0 Å². The third-order valence-electron chi connectivity index (χ3n) is 4.16. The SMILES string of the molecule is Cc1cc(N)c(C)c(S(=O)(=O)N(C)CCN2CCCC2)c1. The first-order chi connectivity index (χ1) is 9.82. The maximum absolute atomic E-state index is 12.7. The molecule has 0 saturated carbocycles. The Hall–Kier alpha value is -1.11. The molecule has 1 aliphatic rings. The summed E-state index contributed by atoms with van der Waals surface area (Å²) in [5.74, 6) is 0. The van der Waals surface area contributed by atoms with Gasteiger partial charge in [0.1, 0.15) is 0 Å². The molecule has 5 nitrogen and oxygen atoms in total. The molecule has 0 radical (unpaired) electrons. The van der Waals surface area contributed by atoms with E-state index in [2.05, 4.69) is 4.90 Å². The van der Waals surface area contributed by atoms with Gasteiger partial charge in [-0.3, -0.25) is 0 Å². The third kappa shape index (κ3) is 3.56. The van der Waals surface area contributed by atoms with Crippen molar-refractivity contribution in [3.8, 4) is 0 Å². The molecule has 1 heterocycles. The zero-order valence-corrected chi connectivity index (χ0v) is 13.9. The van der Waals surface area contributed by atoms with E-state index in [0.29, 0.717) is 22.7 Å². The van der Waals surface area contributed by atoms with Crippen molar-refractivity contribution in [1.82, 2.24) is 9.21 Å². The summed E-state index contributed by atoms with van der Waals surface area (Å²) in [7, 11) is -1.84. The highest BCUT2D eigenvalue weighted by molar-refractivity contribution is 7.89. The lowest BCUT2D eigenvalue weighted by Crippen LogP contribution is -2.35. The van der Waals surface area contributed by atoms with E-state index in [1.807, 2.05) is 6.92 Å². The monoisotopic (exact) mass is 311 g/mol. The summed E-state index contributed by atoms with van der Waals surface area (Å²) in [5, 5.41) is 0. The highest BCUT2D eigenvalue weighted by atomic mass is 32.2. The summed E-state index contributed by atoms with van der Waals surface area (Å²) < 4.78 is 26.9. The Kier molecular flexibility index (Phi) is 4.91. The molecule has 2 rings (SSSR count). The average Bonchev–Trinajstić information content (AvgIpc) is 2.93. The first-order valence-corrected chi connectivity index (χ1v) is 8.82. The Balaban J connectivity index is 2.16. The molecule has 1 saturated heterocycles. The van der Waals surface area contributed by atoms with Crippen LogP contribution in [0, 0.1) is 13.8 Å². The molecule has 0 aliphatic carbocycles. The van der Waals surface area contributed by atoms with Gasteiger partial charge in [0.15, 0.2) is 0 Å². The minimum Gasteiger partial charge on any atom is -0.398 e. The largest absolute Gasteiger partial charge is 0.398 e. The molecule has 0 aromatic heterocycles. The van der Waals surface area contributed by atoms with E-state index in [9.17, 15) is 8.42 Å². The van der Waals surface area contributed by atoms with Gasteiger partial charge in [-0.05, 0) is 63.0 Å². The first kappa shape index (κ1) is 16.3. The molecule has 0 amide bonds. The molecule has 0 atom stereocenters. The molecule has 6 heteroatoms. The van der Waals surface area contributed by atoms with Crippen LogP contribution in [0.1, 0.15) is 24.0 Å². The smallest absolute Gasteiger partial charge is 0.243 e. The highest BCUT2D eigenvalue weighted by Gasteiger charge is 2.24. The maximum Gasteiger partial charge on any atom is 0.243 e. The van der Waals surface area contributed by atoms with Gasteiger partial charge >= 0.3 is 0 Å². The summed E-state index contributed by atoms with van der Waals surface area (Å²) in [6.45, 7) is 7.06. The number of rotatable bonds is 5. The number of nitrogen functional groups attached to an aromatic ring is 1. The van der Waals surface area contributed by atoms with Crippen LogP contribution in [0.15, 0.2) is 17.0 Å². The lowest BCUT2D eigenvalue weighted by molar-refractivity contribution is 0.310. The molecule has 0 bridgehead atoms. The van der Waals surface area contributed by atoms with E-state index in [0.717, 1.165) is 25.2 Å². The van der Waals surface area contributed by atoms with Crippen LogP contribution in [0.4, 0.5) is 5.69 Å². The standard InChI is InChI=1S/C15H25N3O2S/c1-12-10-14(16)13(2)15(11-12)21(19,20)17(3)8-9-18-6-4-5-7-18/h10-11H,4-9,16H2,1-3H3. The van der Waals surface area contributed by atoms with Gasteiger partial charge in [-0.1, -0.05) is 0 Å². The predicted molar refractivity (Wildman–Crippen MR) is 85.8 cm³/mol. The van der Waals surface area contributed by atoms with Gasteiger partial charge < -0.3 is 10.6 Å². The number of benzene rings is 1. The fourth-order valence-corrected chi connectivity index (χ4v) is 4.19. The second-order valence-electron chi connectivity index (χ2n) is 5.85. The van der Waals surface area contributed by atoms with E-state index in [1.165, 1.54) is 17.1 Å². The fraction of sp³-hybridized carbons (Fsp3) is 0.600. The van der Waals surface area contributed by atoms with Crippen molar-refractivity contribution in [1.29, 1.82) is 0 Å². The summed E-state index contributed by atoms with van der Waals surface area (Å²) in [5.41, 5.74) is 7.93. The molecule has 118 valence electrons. The van der Waals surface area contributed by atoms with Gasteiger partial charge in [0, 0.05) is 25.8 Å². The van der Waals surface area contributed by atoms with Crippen LogP contribution >= 0.6 is 0 Å². The normalized spacial score (nSPS) is 16.8. The molecule has 0 unspecified atom stereocenters. The molecule has 0 spiro atoms. The Morgan fingerprint density at radius 1 is 1.24 bits per heavy atom. The molecule has 2 N–H and O–H groups in total. The number of likely N-dealkylation sites (tertiary alicyclic amines) is 1. The summed E-state index contributed by atoms with van der Waals surface area (Å²) >= 11 is 0. The Bertz CT molecular complexity index is 608. The number of aryl methyl sites for hydroxylation is 1. The van der Waals surface area contributed by atoms with Gasteiger partial charge in [0.2, 0.25) is 10.0 Å². The molecule has 1 aliphatic heterocycles. The van der Waals surface area contributed by atoms with Crippen molar-refractivity contribution in [2.24, 2.45) is 0 Å². The van der Waals surface area contributed by atoms with Crippen molar-refractivity contribution in [3.63, 3.8) is 0 Å². The van der Waals surface area contributed by atoms with Crippen LogP contribution in [0.2, 0.25) is 0 Å². The van der Waals surface area contributed by atoms with Crippen molar-refractivity contribution < 1.29 is 8.42 Å². The van der Waals surface area contributed by atoms with Crippen LogP contribution in [-0.2, 0) is 10.0 Å². The molecule has 1 aromatic carbocycles. The van der Waals surface area contributed by atoms with E-state index < -0.39 is 10.0 Å². The fourth-order valence-electron chi connectivity index (χ4n) is 2.70. The molecule has 1 fully saturated rings. The van der Waals surface area contributed by atoms with Crippen LogP contribution in [0.5, 0.6) is 0 Å². The van der Waals surface area contributed by atoms with E-state index >= 15 is 0 Å². The topological polar surface area (TPSA) is 66.6 Å². The van der Waals surface area contributed by atoms with Gasteiger partial charge in [-0.15, -0.1) is 0 Å². The van der Waals surface area contributed by atoms with Crippen LogP contribution in [-0.4, -0.2) is 50.8 Å². The van der Waals surface area contributed by atoms with Crippen molar-refractivity contribution >= 4 is 15.7 Å². The van der Waals surface area contributed by atoms with Crippen molar-refractivity contribution in [2.45, 2.75) is 31.6 Å². The number of hydrogen-bond donors (Lipinski definition) is 1. The Morgan fingerprint density at radius 2 is 1.86 bits per heavy atom. The molecular formula is C15H25N3O2S. The zero-order chi connectivity index (χ0) is 15.6. The summed E-state index contributed by atoms with van der Waals surface area (Å²) in [6.07, 6.45) is 2.42. The van der Waals surface area contributed by atoms with Crippen LogP contribution < -0.4 is 5.73 Å². The highest BCUT2D eigenvalue weighted by Crippen LogP contribution is 2.25. The number of nitrogens with two attached hydrogens (primary N) is 1. The minimum absolute atomic E-state index is 0.323. The quantitative estimate of drug-likeness (QED) is 0.839. The van der Waals surface area contributed by atoms with E-state index in [-0.39, 0.29) is 0 Å². The van der Waals surface area contributed by atoms with Gasteiger partial charge in [0.05, 0.1) is 4.90 Å². The van der Waals surface area contributed by atoms with Gasteiger partial charge in [0.25, 0.3) is 0 Å². The Morgan fingerprint density at radius 3 is 2.48 bits per heavy atom. The lowest BCUT2D eigenvalue weighted by atomic mass is 10.1. The zero-order valence-electron chi connectivity index (χ0n) is 13.1.